The van der Waals surface area contributed by atoms with E-state index in [1.54, 1.807) is 41.5 Å². The molecule has 0 aromatic carbocycles. The molecule has 0 aromatic rings. The van der Waals surface area contributed by atoms with Crippen molar-refractivity contribution in [3.8, 4) is 0 Å². The number of nitrogens with zero attached hydrogens (tertiary/aromatic N) is 1. The molecular formula is C16H27NO7. The third-order valence-corrected chi connectivity index (χ3v) is 3.02. The van der Waals surface area contributed by atoms with Crippen molar-refractivity contribution < 1.29 is 33.3 Å². The molecule has 0 bridgehead atoms. The Balaban J connectivity index is 2.78. The molecule has 1 aliphatic heterocycles. The van der Waals surface area contributed by atoms with Crippen LogP contribution in [0.3, 0.4) is 0 Å². The minimum Gasteiger partial charge on any atom is -0.467 e. The summed E-state index contributed by atoms with van der Waals surface area (Å²) in [7, 11) is 1.23. The van der Waals surface area contributed by atoms with Gasteiger partial charge in [0.2, 0.25) is 0 Å². The molecule has 0 saturated carbocycles. The van der Waals surface area contributed by atoms with Crippen molar-refractivity contribution in [3.63, 3.8) is 0 Å². The van der Waals surface area contributed by atoms with E-state index in [1.165, 1.54) is 12.0 Å². The fourth-order valence-corrected chi connectivity index (χ4v) is 2.17. The first-order chi connectivity index (χ1) is 10.8. The van der Waals surface area contributed by atoms with Crippen LogP contribution < -0.4 is 0 Å². The Kier molecular flexibility index (Phi) is 6.08. The summed E-state index contributed by atoms with van der Waals surface area (Å²) >= 11 is 0. The molecule has 1 heterocycles. The average Bonchev–Trinajstić information content (AvgIpc) is 2.77. The molecule has 1 unspecified atom stereocenters. The van der Waals surface area contributed by atoms with Crippen LogP contribution in [0.2, 0.25) is 0 Å². The zero-order valence-corrected chi connectivity index (χ0v) is 15.4. The third-order valence-electron chi connectivity index (χ3n) is 3.02. The molecule has 1 amide bonds. The molecule has 24 heavy (non-hydrogen) atoms. The summed E-state index contributed by atoms with van der Waals surface area (Å²) in [5.74, 6) is -0.587. The number of ether oxygens (including phenoxy) is 4. The number of hydrogen-bond donors (Lipinski definition) is 0. The fraction of sp³-hybridized carbons (Fsp3) is 0.812. The smallest absolute Gasteiger partial charge is 0.467 e. The van der Waals surface area contributed by atoms with Gasteiger partial charge in [-0.2, -0.15) is 0 Å². The lowest BCUT2D eigenvalue weighted by atomic mass is 10.2. The molecule has 0 spiro atoms. The Bertz CT molecular complexity index is 490. The van der Waals surface area contributed by atoms with E-state index in [4.69, 9.17) is 18.9 Å². The average molecular weight is 345 g/mol. The van der Waals surface area contributed by atoms with Gasteiger partial charge >= 0.3 is 18.2 Å². The number of likely N-dealkylation sites (tertiary alicyclic amines) is 1. The van der Waals surface area contributed by atoms with E-state index < -0.39 is 41.6 Å². The highest BCUT2D eigenvalue weighted by atomic mass is 16.7. The lowest BCUT2D eigenvalue weighted by molar-refractivity contribution is -0.145. The van der Waals surface area contributed by atoms with Crippen molar-refractivity contribution in [1.29, 1.82) is 0 Å². The maximum Gasteiger partial charge on any atom is 0.509 e. The number of carbonyl (C=O) groups is 3. The molecule has 1 rings (SSSR count). The van der Waals surface area contributed by atoms with Crippen molar-refractivity contribution in [2.24, 2.45) is 0 Å². The summed E-state index contributed by atoms with van der Waals surface area (Å²) in [5, 5.41) is 0. The van der Waals surface area contributed by atoms with Gasteiger partial charge in [0.05, 0.1) is 13.7 Å². The van der Waals surface area contributed by atoms with Gasteiger partial charge in [0, 0.05) is 6.42 Å². The second-order valence-corrected chi connectivity index (χ2v) is 7.61. The third kappa shape index (κ3) is 6.25. The summed E-state index contributed by atoms with van der Waals surface area (Å²) in [6.07, 6.45) is -2.04. The predicted octanol–water partition coefficient (Wildman–Crippen LogP) is 2.49. The van der Waals surface area contributed by atoms with Crippen molar-refractivity contribution in [1.82, 2.24) is 4.90 Å². The molecule has 8 nitrogen and oxygen atoms in total. The van der Waals surface area contributed by atoms with Gasteiger partial charge in [-0.25, -0.2) is 14.4 Å². The second kappa shape index (κ2) is 7.27. The van der Waals surface area contributed by atoms with E-state index in [0.717, 1.165) is 0 Å². The highest BCUT2D eigenvalue weighted by molar-refractivity contribution is 5.82. The van der Waals surface area contributed by atoms with E-state index >= 15 is 0 Å². The van der Waals surface area contributed by atoms with Gasteiger partial charge in [0.1, 0.15) is 23.3 Å². The molecule has 1 saturated heterocycles. The summed E-state index contributed by atoms with van der Waals surface area (Å²) in [6, 6.07) is -0.864. The molecule has 8 heteroatoms. The largest absolute Gasteiger partial charge is 0.509 e. The molecule has 1 aliphatic rings. The van der Waals surface area contributed by atoms with Gasteiger partial charge in [-0.3, -0.25) is 4.90 Å². The van der Waals surface area contributed by atoms with E-state index in [2.05, 4.69) is 0 Å². The molecule has 2 atom stereocenters. The molecular weight excluding hydrogens is 318 g/mol. The Morgan fingerprint density at radius 3 is 1.96 bits per heavy atom. The highest BCUT2D eigenvalue weighted by Crippen LogP contribution is 2.25. The van der Waals surface area contributed by atoms with Gasteiger partial charge in [-0.1, -0.05) is 0 Å². The summed E-state index contributed by atoms with van der Waals surface area (Å²) in [4.78, 5) is 37.2. The van der Waals surface area contributed by atoms with Gasteiger partial charge < -0.3 is 18.9 Å². The van der Waals surface area contributed by atoms with Crippen LogP contribution in [-0.4, -0.2) is 60.1 Å². The number of esters is 1. The first-order valence-electron chi connectivity index (χ1n) is 7.79. The fourth-order valence-electron chi connectivity index (χ4n) is 2.17. The van der Waals surface area contributed by atoms with E-state index in [-0.39, 0.29) is 13.0 Å². The second-order valence-electron chi connectivity index (χ2n) is 7.61. The van der Waals surface area contributed by atoms with E-state index in [1.807, 2.05) is 0 Å². The zero-order valence-electron chi connectivity index (χ0n) is 15.4. The van der Waals surface area contributed by atoms with Crippen molar-refractivity contribution >= 4 is 18.2 Å². The topological polar surface area (TPSA) is 91.4 Å². The van der Waals surface area contributed by atoms with Crippen LogP contribution in [0.15, 0.2) is 0 Å². The zero-order chi connectivity index (χ0) is 18.7. The summed E-state index contributed by atoms with van der Waals surface area (Å²) in [5.41, 5.74) is -1.40. The minimum absolute atomic E-state index is 0.0356. The Morgan fingerprint density at radius 1 is 0.958 bits per heavy atom. The maximum absolute atomic E-state index is 12.3. The standard InChI is InChI=1S/C16H27NO7/c1-15(2,3)23-13(19)17-9-10(8-11(17)12(18)21-7)22-14(20)24-16(4,5)6/h10-11H,8-9H2,1-7H3/t10?,11-/m0/s1. The molecule has 0 aliphatic carbocycles. The SMILES string of the molecule is COC(=O)[C@@H]1CC(OC(=O)OC(C)(C)C)CN1C(=O)OC(C)(C)C. The molecule has 0 N–H and O–H groups in total. The Morgan fingerprint density at radius 2 is 1.50 bits per heavy atom. The maximum atomic E-state index is 12.3. The van der Waals surface area contributed by atoms with Crippen LogP contribution in [0.4, 0.5) is 9.59 Å². The number of methoxy groups -OCH3 is 1. The highest BCUT2D eigenvalue weighted by Gasteiger charge is 2.44. The number of hydrogen-bond acceptors (Lipinski definition) is 7. The molecule has 1 fully saturated rings. The van der Waals surface area contributed by atoms with Crippen molar-refractivity contribution in [3.05, 3.63) is 0 Å². The quantitative estimate of drug-likeness (QED) is 0.561. The van der Waals surface area contributed by atoms with Crippen LogP contribution >= 0.6 is 0 Å². The molecule has 0 aromatic heterocycles. The van der Waals surface area contributed by atoms with Gasteiger partial charge in [0.15, 0.2) is 0 Å². The van der Waals surface area contributed by atoms with Crippen molar-refractivity contribution in [2.45, 2.75) is 71.3 Å². The number of rotatable bonds is 2. The van der Waals surface area contributed by atoms with Crippen LogP contribution in [0.25, 0.3) is 0 Å². The van der Waals surface area contributed by atoms with E-state index in [0.29, 0.717) is 0 Å². The number of carbonyl (C=O) groups excluding carboxylic acids is 3. The number of amides is 1. The lowest BCUT2D eigenvalue weighted by Crippen LogP contribution is -2.44. The monoisotopic (exact) mass is 345 g/mol. The normalized spacial score (nSPS) is 21.2. The Labute approximate surface area is 142 Å². The lowest BCUT2D eigenvalue weighted by Gasteiger charge is -2.27. The summed E-state index contributed by atoms with van der Waals surface area (Å²) in [6.45, 7) is 10.4. The van der Waals surface area contributed by atoms with Crippen LogP contribution in [0.1, 0.15) is 48.0 Å². The first-order valence-corrected chi connectivity index (χ1v) is 7.79. The van der Waals surface area contributed by atoms with Crippen LogP contribution in [-0.2, 0) is 23.7 Å². The van der Waals surface area contributed by atoms with E-state index in [9.17, 15) is 14.4 Å². The predicted molar refractivity (Wildman–Crippen MR) is 84.5 cm³/mol. The Hall–Kier alpha value is -1.99. The van der Waals surface area contributed by atoms with Gasteiger partial charge in [-0.05, 0) is 41.5 Å². The van der Waals surface area contributed by atoms with Gasteiger partial charge in [0.25, 0.3) is 0 Å². The first kappa shape index (κ1) is 20.1. The van der Waals surface area contributed by atoms with Crippen LogP contribution in [0, 0.1) is 0 Å². The minimum atomic E-state index is -0.864. The molecule has 138 valence electrons. The molecule has 0 radical (unpaired) electrons. The van der Waals surface area contributed by atoms with Crippen molar-refractivity contribution in [2.75, 3.05) is 13.7 Å². The summed E-state index contributed by atoms with van der Waals surface area (Å²) < 4.78 is 20.3. The van der Waals surface area contributed by atoms with Crippen LogP contribution in [0.5, 0.6) is 0 Å². The van der Waals surface area contributed by atoms with Gasteiger partial charge in [-0.15, -0.1) is 0 Å².